The Bertz CT molecular complexity index is 352. The summed E-state index contributed by atoms with van der Waals surface area (Å²) in [6.07, 6.45) is 3.75. The van der Waals surface area contributed by atoms with Gasteiger partial charge in [0.15, 0.2) is 0 Å². The molecule has 0 radical (unpaired) electrons. The van der Waals surface area contributed by atoms with Crippen LogP contribution in [0.4, 0.5) is 5.95 Å². The van der Waals surface area contributed by atoms with Gasteiger partial charge in [-0.2, -0.15) is 0 Å². The standard InChI is InChI=1S/C8H10N4/c1-12-5-7(11-8(12)9)6-3-2-4-10-6/h2-5,10H,1H3,(H2,9,11). The quantitative estimate of drug-likeness (QED) is 0.657. The fourth-order valence-electron chi connectivity index (χ4n) is 1.10. The average Bonchev–Trinajstić information content (AvgIpc) is 2.61. The van der Waals surface area contributed by atoms with Gasteiger partial charge < -0.3 is 15.3 Å². The lowest BCUT2D eigenvalue weighted by Crippen LogP contribution is -1.94. The summed E-state index contributed by atoms with van der Waals surface area (Å²) >= 11 is 0. The molecule has 0 aliphatic carbocycles. The molecule has 4 nitrogen and oxygen atoms in total. The van der Waals surface area contributed by atoms with Gasteiger partial charge in [0.05, 0.1) is 5.69 Å². The first-order chi connectivity index (χ1) is 5.77. The van der Waals surface area contributed by atoms with E-state index in [4.69, 9.17) is 5.73 Å². The maximum absolute atomic E-state index is 5.58. The average molecular weight is 162 g/mol. The number of hydrogen-bond acceptors (Lipinski definition) is 2. The molecule has 2 aromatic rings. The van der Waals surface area contributed by atoms with Gasteiger partial charge in [0, 0.05) is 19.4 Å². The van der Waals surface area contributed by atoms with E-state index in [0.717, 1.165) is 11.4 Å². The molecule has 0 fully saturated rings. The van der Waals surface area contributed by atoms with Gasteiger partial charge in [-0.05, 0) is 12.1 Å². The number of nitrogens with one attached hydrogen (secondary N) is 1. The van der Waals surface area contributed by atoms with Crippen molar-refractivity contribution < 1.29 is 0 Å². The Morgan fingerprint density at radius 1 is 1.58 bits per heavy atom. The number of aryl methyl sites for hydroxylation is 1. The van der Waals surface area contributed by atoms with Crippen LogP contribution >= 0.6 is 0 Å². The minimum atomic E-state index is 0.527. The summed E-state index contributed by atoms with van der Waals surface area (Å²) in [7, 11) is 1.87. The fourth-order valence-corrected chi connectivity index (χ4v) is 1.10. The minimum absolute atomic E-state index is 0.527. The van der Waals surface area contributed by atoms with E-state index in [2.05, 4.69) is 9.97 Å². The van der Waals surface area contributed by atoms with Crippen LogP contribution in [0.25, 0.3) is 11.4 Å². The molecule has 0 amide bonds. The summed E-state index contributed by atoms with van der Waals surface area (Å²) in [4.78, 5) is 7.22. The van der Waals surface area contributed by atoms with Crippen molar-refractivity contribution in [3.8, 4) is 11.4 Å². The summed E-state index contributed by atoms with van der Waals surface area (Å²) in [5, 5.41) is 0. The lowest BCUT2D eigenvalue weighted by Gasteiger charge is -1.87. The molecule has 62 valence electrons. The van der Waals surface area contributed by atoms with Crippen LogP contribution in [-0.4, -0.2) is 14.5 Å². The van der Waals surface area contributed by atoms with Gasteiger partial charge in [0.25, 0.3) is 0 Å². The maximum atomic E-state index is 5.58. The number of nitrogen functional groups attached to an aromatic ring is 1. The molecular formula is C8H10N4. The van der Waals surface area contributed by atoms with E-state index >= 15 is 0 Å². The normalized spacial score (nSPS) is 10.4. The van der Waals surface area contributed by atoms with E-state index in [1.165, 1.54) is 0 Å². The second-order valence-electron chi connectivity index (χ2n) is 2.68. The second kappa shape index (κ2) is 2.41. The van der Waals surface area contributed by atoms with Gasteiger partial charge >= 0.3 is 0 Å². The molecule has 2 aromatic heterocycles. The van der Waals surface area contributed by atoms with Crippen molar-refractivity contribution >= 4 is 5.95 Å². The first-order valence-corrected chi connectivity index (χ1v) is 3.70. The number of H-pyrrole nitrogens is 1. The number of nitrogens with two attached hydrogens (primary N) is 1. The van der Waals surface area contributed by atoms with E-state index in [1.54, 1.807) is 4.57 Å². The SMILES string of the molecule is Cn1cc(-c2ccc[nH]2)nc1N. The van der Waals surface area contributed by atoms with E-state index in [9.17, 15) is 0 Å². The molecule has 0 aromatic carbocycles. The Kier molecular flexibility index (Phi) is 1.40. The van der Waals surface area contributed by atoms with E-state index in [-0.39, 0.29) is 0 Å². The van der Waals surface area contributed by atoms with Crippen LogP contribution in [0.1, 0.15) is 0 Å². The first-order valence-electron chi connectivity index (χ1n) is 3.70. The Balaban J connectivity index is 2.48. The lowest BCUT2D eigenvalue weighted by atomic mass is 10.3. The van der Waals surface area contributed by atoms with Crippen molar-refractivity contribution in [2.75, 3.05) is 5.73 Å². The zero-order chi connectivity index (χ0) is 8.55. The summed E-state index contributed by atoms with van der Waals surface area (Å²) in [6.45, 7) is 0. The van der Waals surface area contributed by atoms with Gasteiger partial charge in [-0.3, -0.25) is 0 Å². The van der Waals surface area contributed by atoms with Crippen LogP contribution in [-0.2, 0) is 7.05 Å². The van der Waals surface area contributed by atoms with Gasteiger partial charge in [0.1, 0.15) is 5.69 Å². The molecule has 3 N–H and O–H groups in total. The topological polar surface area (TPSA) is 59.6 Å². The molecule has 0 unspecified atom stereocenters. The van der Waals surface area contributed by atoms with Crippen molar-refractivity contribution in [3.63, 3.8) is 0 Å². The summed E-state index contributed by atoms with van der Waals surface area (Å²) in [5.74, 6) is 0.527. The van der Waals surface area contributed by atoms with E-state index in [1.807, 2.05) is 31.6 Å². The highest BCUT2D eigenvalue weighted by Gasteiger charge is 2.03. The first kappa shape index (κ1) is 6.97. The zero-order valence-electron chi connectivity index (χ0n) is 6.78. The van der Waals surface area contributed by atoms with E-state index < -0.39 is 0 Å². The Labute approximate surface area is 70.0 Å². The predicted octanol–water partition coefficient (Wildman–Crippen LogP) is 0.997. The number of imidazole rings is 1. The molecule has 2 heterocycles. The smallest absolute Gasteiger partial charge is 0.200 e. The van der Waals surface area contributed by atoms with Crippen LogP contribution in [0.3, 0.4) is 0 Å². The molecule has 0 bridgehead atoms. The third-order valence-electron chi connectivity index (χ3n) is 1.79. The number of rotatable bonds is 1. The fraction of sp³-hybridized carbons (Fsp3) is 0.125. The Morgan fingerprint density at radius 2 is 2.42 bits per heavy atom. The summed E-state index contributed by atoms with van der Waals surface area (Å²) in [5.41, 5.74) is 7.45. The van der Waals surface area contributed by atoms with Crippen LogP contribution in [0.2, 0.25) is 0 Å². The largest absolute Gasteiger partial charge is 0.369 e. The maximum Gasteiger partial charge on any atom is 0.200 e. The number of aromatic nitrogens is 3. The predicted molar refractivity (Wildman–Crippen MR) is 47.4 cm³/mol. The number of aromatic amines is 1. The molecule has 4 heteroatoms. The van der Waals surface area contributed by atoms with Crippen molar-refractivity contribution in [1.29, 1.82) is 0 Å². The van der Waals surface area contributed by atoms with Gasteiger partial charge in [-0.25, -0.2) is 4.98 Å². The van der Waals surface area contributed by atoms with Crippen LogP contribution in [0.5, 0.6) is 0 Å². The van der Waals surface area contributed by atoms with Crippen molar-refractivity contribution in [2.45, 2.75) is 0 Å². The Hall–Kier alpha value is -1.71. The van der Waals surface area contributed by atoms with Gasteiger partial charge in [0.2, 0.25) is 5.95 Å². The molecule has 0 aliphatic rings. The third kappa shape index (κ3) is 0.972. The van der Waals surface area contributed by atoms with Crippen molar-refractivity contribution in [2.24, 2.45) is 7.05 Å². The zero-order valence-corrected chi connectivity index (χ0v) is 6.78. The third-order valence-corrected chi connectivity index (χ3v) is 1.79. The van der Waals surface area contributed by atoms with Crippen LogP contribution in [0, 0.1) is 0 Å². The monoisotopic (exact) mass is 162 g/mol. The van der Waals surface area contributed by atoms with Crippen LogP contribution in [0.15, 0.2) is 24.5 Å². The molecule has 0 aliphatic heterocycles. The minimum Gasteiger partial charge on any atom is -0.369 e. The number of hydrogen-bond donors (Lipinski definition) is 2. The lowest BCUT2D eigenvalue weighted by molar-refractivity contribution is 0.930. The molecule has 0 saturated carbocycles. The molecule has 0 atom stereocenters. The van der Waals surface area contributed by atoms with Crippen molar-refractivity contribution in [1.82, 2.24) is 14.5 Å². The second-order valence-corrected chi connectivity index (χ2v) is 2.68. The van der Waals surface area contributed by atoms with Crippen LogP contribution < -0.4 is 5.73 Å². The van der Waals surface area contributed by atoms with Crippen molar-refractivity contribution in [3.05, 3.63) is 24.5 Å². The molecular weight excluding hydrogens is 152 g/mol. The van der Waals surface area contributed by atoms with Gasteiger partial charge in [-0.15, -0.1) is 0 Å². The Morgan fingerprint density at radius 3 is 2.92 bits per heavy atom. The molecule has 0 saturated heterocycles. The summed E-state index contributed by atoms with van der Waals surface area (Å²) in [6, 6.07) is 3.89. The van der Waals surface area contributed by atoms with E-state index in [0.29, 0.717) is 5.95 Å². The highest BCUT2D eigenvalue weighted by atomic mass is 15.1. The molecule has 0 spiro atoms. The molecule has 12 heavy (non-hydrogen) atoms. The summed E-state index contributed by atoms with van der Waals surface area (Å²) < 4.78 is 1.79. The van der Waals surface area contributed by atoms with Gasteiger partial charge in [-0.1, -0.05) is 0 Å². The highest BCUT2D eigenvalue weighted by Crippen LogP contribution is 2.15. The highest BCUT2D eigenvalue weighted by molar-refractivity contribution is 5.55. The number of nitrogens with zero attached hydrogens (tertiary/aromatic N) is 2. The number of anilines is 1. The molecule has 2 rings (SSSR count).